The number of rotatable bonds is 18. The maximum absolute atomic E-state index is 13.3. The van der Waals surface area contributed by atoms with Gasteiger partial charge in [-0.25, -0.2) is 0 Å². The fraction of sp³-hybridized carbons (Fsp3) is 0.848. The lowest BCUT2D eigenvalue weighted by Crippen LogP contribution is -2.65. The van der Waals surface area contributed by atoms with Gasteiger partial charge in [-0.15, -0.1) is 0 Å². The first-order chi connectivity index (χ1) is 23.1. The molecule has 2 heterocycles. The normalized spacial score (nSPS) is 31.6. The van der Waals surface area contributed by atoms with E-state index in [0.29, 0.717) is 19.3 Å². The lowest BCUT2D eigenvalue weighted by molar-refractivity contribution is -0.384. The molecule has 0 aliphatic carbocycles. The Kier molecular flexibility index (Phi) is 16.8. The fourth-order valence-corrected chi connectivity index (χ4v) is 5.17. The lowest BCUT2D eigenvalue weighted by atomic mass is 9.96. The van der Waals surface area contributed by atoms with Crippen LogP contribution in [0.3, 0.4) is 0 Å². The molecular formula is C33H54O16. The zero-order chi connectivity index (χ0) is 37.1. The van der Waals surface area contributed by atoms with E-state index >= 15 is 0 Å². The summed E-state index contributed by atoms with van der Waals surface area (Å²) >= 11 is 0. The minimum absolute atomic E-state index is 0.0108. The van der Waals surface area contributed by atoms with E-state index in [-0.39, 0.29) is 24.7 Å². The molecule has 0 aromatic carbocycles. The van der Waals surface area contributed by atoms with E-state index in [9.17, 15) is 39.3 Å². The molecule has 0 amide bonds. The van der Waals surface area contributed by atoms with Crippen molar-refractivity contribution in [3.63, 3.8) is 0 Å². The third-order valence-corrected chi connectivity index (χ3v) is 8.75. The smallest absolute Gasteiger partial charge is 0.309 e. The van der Waals surface area contributed by atoms with E-state index in [1.807, 2.05) is 27.7 Å². The molecule has 0 spiro atoms. The van der Waals surface area contributed by atoms with Crippen molar-refractivity contribution in [2.75, 3.05) is 19.8 Å². The quantitative estimate of drug-likeness (QED) is 0.135. The lowest BCUT2D eigenvalue weighted by Gasteiger charge is -2.46. The summed E-state index contributed by atoms with van der Waals surface area (Å²) in [5.41, 5.74) is 0. The molecule has 12 atom stereocenters. The van der Waals surface area contributed by atoms with Gasteiger partial charge in [0.1, 0.15) is 31.5 Å². The second-order valence-corrected chi connectivity index (χ2v) is 12.8. The number of hydrogen-bond acceptors (Lipinski definition) is 16. The minimum atomic E-state index is -2.42. The summed E-state index contributed by atoms with van der Waals surface area (Å²) < 4.78 is 45.7. The SMILES string of the molecule is CCC(C)CC(=O)O[C@@H]1[C@@H](OC(=O)C(C)CC)[C@@H](O[C@]2(CO)O[C@H](COC(C)=O)[C@@H](O)[C@@H]2OC(C)=O)O[C@H](CO)[C@H]1OC(=O)CC(C)CC. The Bertz CT molecular complexity index is 1110. The molecule has 0 aromatic heterocycles. The zero-order valence-corrected chi connectivity index (χ0v) is 29.7. The van der Waals surface area contributed by atoms with Crippen LogP contribution < -0.4 is 0 Å². The molecule has 16 nitrogen and oxygen atoms in total. The Balaban J connectivity index is 2.68. The minimum Gasteiger partial charge on any atom is -0.463 e. The Morgan fingerprint density at radius 2 is 1.33 bits per heavy atom. The van der Waals surface area contributed by atoms with Gasteiger partial charge in [0, 0.05) is 26.7 Å². The van der Waals surface area contributed by atoms with E-state index in [1.165, 1.54) is 0 Å². The summed E-state index contributed by atoms with van der Waals surface area (Å²) in [4.78, 5) is 63.2. The number of ether oxygens (including phenoxy) is 8. The molecule has 0 bridgehead atoms. The van der Waals surface area contributed by atoms with Crippen LogP contribution in [0.15, 0.2) is 0 Å². The number of carbonyl (C=O) groups is 5. The highest BCUT2D eigenvalue weighted by molar-refractivity contribution is 5.73. The second kappa shape index (κ2) is 19.5. The summed E-state index contributed by atoms with van der Waals surface area (Å²) in [6.45, 7) is 10.5. The maximum Gasteiger partial charge on any atom is 0.309 e. The van der Waals surface area contributed by atoms with Crippen molar-refractivity contribution in [3.05, 3.63) is 0 Å². The van der Waals surface area contributed by atoms with Crippen LogP contribution in [0.5, 0.6) is 0 Å². The van der Waals surface area contributed by atoms with Crippen molar-refractivity contribution < 1.29 is 77.2 Å². The summed E-state index contributed by atoms with van der Waals surface area (Å²) in [6.07, 6.45) is -11.3. The van der Waals surface area contributed by atoms with Crippen LogP contribution >= 0.6 is 0 Å². The molecule has 16 heteroatoms. The van der Waals surface area contributed by atoms with Gasteiger partial charge in [-0.3, -0.25) is 24.0 Å². The van der Waals surface area contributed by atoms with Crippen molar-refractivity contribution in [2.45, 2.75) is 142 Å². The first kappa shape index (κ1) is 42.3. The first-order valence-corrected chi connectivity index (χ1v) is 16.9. The topological polar surface area (TPSA) is 220 Å². The standard InChI is InChI=1S/C33H54O16/c1-9-17(4)12-24(38)45-27-22(14-34)44-32(29(47-31(41)19(6)11-3)28(27)46-25(39)13-18(5)10-2)49-33(16-35)30(43-21(8)37)26(40)23(48-33)15-42-20(7)36/h17-19,22-23,26-30,32,34-35,40H,9-16H2,1-8H3/t17?,18?,19?,22-,23-,26-,27-,28+,29-,30+,32-,33+/m1/s1. The number of carbonyl (C=O) groups excluding carboxylic acids is 5. The van der Waals surface area contributed by atoms with E-state index in [0.717, 1.165) is 13.8 Å². The van der Waals surface area contributed by atoms with Crippen LogP contribution in [-0.2, 0) is 61.9 Å². The van der Waals surface area contributed by atoms with E-state index < -0.39 is 110 Å². The second-order valence-electron chi connectivity index (χ2n) is 12.8. The predicted octanol–water partition coefficient (Wildman–Crippen LogP) is 1.32. The summed E-state index contributed by atoms with van der Waals surface area (Å²) in [5.74, 6) is -7.06. The molecule has 2 saturated heterocycles. The number of esters is 5. The number of aliphatic hydroxyl groups is 3. The Labute approximate surface area is 287 Å². The number of aliphatic hydroxyl groups excluding tert-OH is 3. The third-order valence-electron chi connectivity index (χ3n) is 8.75. The van der Waals surface area contributed by atoms with Crippen LogP contribution in [0.2, 0.25) is 0 Å². The molecule has 2 fully saturated rings. The average Bonchev–Trinajstić information content (AvgIpc) is 3.30. The third kappa shape index (κ3) is 11.6. The zero-order valence-electron chi connectivity index (χ0n) is 29.7. The molecule has 2 aliphatic heterocycles. The molecule has 0 aromatic rings. The molecule has 2 aliphatic rings. The molecular weight excluding hydrogens is 652 g/mol. The van der Waals surface area contributed by atoms with Crippen molar-refractivity contribution in [1.82, 2.24) is 0 Å². The van der Waals surface area contributed by atoms with Crippen LogP contribution in [0.4, 0.5) is 0 Å². The summed E-state index contributed by atoms with van der Waals surface area (Å²) in [6, 6.07) is 0. The van der Waals surface area contributed by atoms with Crippen molar-refractivity contribution in [3.8, 4) is 0 Å². The fourth-order valence-electron chi connectivity index (χ4n) is 5.17. The van der Waals surface area contributed by atoms with Gasteiger partial charge in [0.05, 0.1) is 12.5 Å². The summed E-state index contributed by atoms with van der Waals surface area (Å²) in [5, 5.41) is 32.2. The Hall–Kier alpha value is -2.89. The van der Waals surface area contributed by atoms with Crippen molar-refractivity contribution in [1.29, 1.82) is 0 Å². The average molecular weight is 707 g/mol. The highest BCUT2D eigenvalue weighted by Crippen LogP contribution is 2.40. The maximum atomic E-state index is 13.3. The van der Waals surface area contributed by atoms with E-state index in [2.05, 4.69) is 0 Å². The van der Waals surface area contributed by atoms with Crippen molar-refractivity contribution >= 4 is 29.8 Å². The van der Waals surface area contributed by atoms with Gasteiger partial charge in [0.25, 0.3) is 0 Å². The van der Waals surface area contributed by atoms with Crippen LogP contribution in [0, 0.1) is 17.8 Å². The number of hydrogen-bond donors (Lipinski definition) is 3. The highest BCUT2D eigenvalue weighted by Gasteiger charge is 2.62. The van der Waals surface area contributed by atoms with Gasteiger partial charge in [-0.1, -0.05) is 54.4 Å². The highest BCUT2D eigenvalue weighted by atomic mass is 16.8. The van der Waals surface area contributed by atoms with Gasteiger partial charge >= 0.3 is 29.8 Å². The van der Waals surface area contributed by atoms with Gasteiger partial charge in [0.2, 0.25) is 12.1 Å². The van der Waals surface area contributed by atoms with E-state index in [4.69, 9.17) is 37.9 Å². The molecule has 282 valence electrons. The predicted molar refractivity (Wildman–Crippen MR) is 167 cm³/mol. The monoisotopic (exact) mass is 706 g/mol. The van der Waals surface area contributed by atoms with Crippen LogP contribution in [0.25, 0.3) is 0 Å². The summed E-state index contributed by atoms with van der Waals surface area (Å²) in [7, 11) is 0. The molecule has 3 unspecified atom stereocenters. The Morgan fingerprint density at radius 1 is 0.755 bits per heavy atom. The van der Waals surface area contributed by atoms with Gasteiger partial charge in [0.15, 0.2) is 24.4 Å². The largest absolute Gasteiger partial charge is 0.463 e. The van der Waals surface area contributed by atoms with Gasteiger partial charge in [-0.2, -0.15) is 0 Å². The molecule has 0 radical (unpaired) electrons. The van der Waals surface area contributed by atoms with Crippen LogP contribution in [0.1, 0.15) is 87.5 Å². The van der Waals surface area contributed by atoms with Gasteiger partial charge < -0.3 is 53.2 Å². The molecule has 3 N–H and O–H groups in total. The first-order valence-electron chi connectivity index (χ1n) is 16.9. The van der Waals surface area contributed by atoms with Crippen molar-refractivity contribution in [2.24, 2.45) is 17.8 Å². The Morgan fingerprint density at radius 3 is 1.80 bits per heavy atom. The molecule has 49 heavy (non-hydrogen) atoms. The van der Waals surface area contributed by atoms with E-state index in [1.54, 1.807) is 13.8 Å². The molecule has 0 saturated carbocycles. The van der Waals surface area contributed by atoms with Gasteiger partial charge in [-0.05, 0) is 18.3 Å². The molecule has 2 rings (SSSR count). The van der Waals surface area contributed by atoms with Crippen LogP contribution in [-0.4, -0.2) is 120 Å².